The molecule has 4 rings (SSSR count). The molecule has 0 saturated carbocycles. The lowest BCUT2D eigenvalue weighted by atomic mass is 9.83. The second-order valence-corrected chi connectivity index (χ2v) is 11.1. The van der Waals surface area contributed by atoms with Crippen LogP contribution < -0.4 is 0 Å². The topological polar surface area (TPSA) is 12.9 Å². The lowest BCUT2D eigenvalue weighted by Crippen LogP contribution is -2.12. The summed E-state index contributed by atoms with van der Waals surface area (Å²) in [6.07, 6.45) is 4.08. The van der Waals surface area contributed by atoms with Crippen molar-refractivity contribution in [2.45, 2.75) is 54.4 Å². The van der Waals surface area contributed by atoms with Gasteiger partial charge in [-0.3, -0.25) is 4.98 Å². The van der Waals surface area contributed by atoms with Crippen molar-refractivity contribution in [3.05, 3.63) is 78.0 Å². The maximum atomic E-state index is 4.86. The van der Waals surface area contributed by atoms with Gasteiger partial charge in [-0.2, -0.15) is 0 Å². The highest BCUT2D eigenvalue weighted by atomic mass is 14.7. The van der Waals surface area contributed by atoms with Gasteiger partial charge in [0.1, 0.15) is 0 Å². The zero-order valence-electron chi connectivity index (χ0n) is 19.2. The molecule has 0 unspecified atom stereocenters. The molecule has 0 radical (unpaired) electrons. The van der Waals surface area contributed by atoms with Gasteiger partial charge in [0.2, 0.25) is 0 Å². The lowest BCUT2D eigenvalue weighted by Gasteiger charge is -2.22. The normalized spacial score (nSPS) is 12.6. The number of rotatable bonds is 3. The van der Waals surface area contributed by atoms with Crippen molar-refractivity contribution in [2.24, 2.45) is 10.8 Å². The molecule has 3 aromatic carbocycles. The number of hydrogen-bond acceptors (Lipinski definition) is 1. The summed E-state index contributed by atoms with van der Waals surface area (Å²) in [7, 11) is 0. The van der Waals surface area contributed by atoms with Crippen molar-refractivity contribution in [3.63, 3.8) is 0 Å². The van der Waals surface area contributed by atoms with E-state index in [0.29, 0.717) is 0 Å². The van der Waals surface area contributed by atoms with E-state index in [2.05, 4.69) is 102 Å². The minimum absolute atomic E-state index is 0.250. The molecule has 1 aromatic heterocycles. The molecule has 0 fully saturated rings. The quantitative estimate of drug-likeness (QED) is 0.318. The molecule has 0 N–H and O–H groups in total. The van der Waals surface area contributed by atoms with Gasteiger partial charge in [0.05, 0.1) is 5.69 Å². The molecule has 0 spiro atoms. The van der Waals surface area contributed by atoms with Crippen molar-refractivity contribution < 1.29 is 0 Å². The first kappa shape index (κ1) is 20.6. The first-order valence-electron chi connectivity index (χ1n) is 11.0. The van der Waals surface area contributed by atoms with Gasteiger partial charge in [-0.05, 0) is 69.2 Å². The number of hydrogen-bond donors (Lipinski definition) is 0. The van der Waals surface area contributed by atoms with Crippen LogP contribution in [0.15, 0.2) is 66.9 Å². The predicted molar refractivity (Wildman–Crippen MR) is 131 cm³/mol. The van der Waals surface area contributed by atoms with E-state index in [-0.39, 0.29) is 10.8 Å². The average Bonchev–Trinajstić information content (AvgIpc) is 2.64. The molecule has 30 heavy (non-hydrogen) atoms. The minimum atomic E-state index is 0.250. The molecular formula is C29H33N. The van der Waals surface area contributed by atoms with Crippen LogP contribution in [-0.2, 0) is 12.8 Å². The summed E-state index contributed by atoms with van der Waals surface area (Å²) in [4.78, 5) is 4.86. The maximum absolute atomic E-state index is 4.86. The third-order valence-corrected chi connectivity index (χ3v) is 5.47. The Morgan fingerprint density at radius 2 is 1.27 bits per heavy atom. The molecule has 154 valence electrons. The smallest absolute Gasteiger partial charge is 0.0780 e. The second-order valence-electron chi connectivity index (χ2n) is 11.1. The Balaban J connectivity index is 1.92. The molecule has 0 aliphatic carbocycles. The number of nitrogens with zero attached hydrogens (tertiary/aromatic N) is 1. The Morgan fingerprint density at radius 3 is 1.90 bits per heavy atom. The molecular weight excluding hydrogens is 362 g/mol. The van der Waals surface area contributed by atoms with E-state index >= 15 is 0 Å². The number of aromatic nitrogens is 1. The highest BCUT2D eigenvalue weighted by molar-refractivity contribution is 6.11. The van der Waals surface area contributed by atoms with E-state index in [9.17, 15) is 0 Å². The van der Waals surface area contributed by atoms with Crippen LogP contribution in [0.1, 0.15) is 52.7 Å². The second kappa shape index (κ2) is 7.54. The highest BCUT2D eigenvalue weighted by Crippen LogP contribution is 2.34. The van der Waals surface area contributed by atoms with Crippen LogP contribution in [0.4, 0.5) is 0 Å². The Hall–Kier alpha value is -2.67. The van der Waals surface area contributed by atoms with Crippen LogP contribution in [0.2, 0.25) is 0 Å². The maximum Gasteiger partial charge on any atom is 0.0780 e. The third-order valence-electron chi connectivity index (χ3n) is 5.47. The van der Waals surface area contributed by atoms with Gasteiger partial charge in [0.25, 0.3) is 0 Å². The molecule has 0 aliphatic heterocycles. The zero-order valence-corrected chi connectivity index (χ0v) is 19.2. The van der Waals surface area contributed by atoms with Gasteiger partial charge >= 0.3 is 0 Å². The Morgan fingerprint density at radius 1 is 0.633 bits per heavy atom. The van der Waals surface area contributed by atoms with Gasteiger partial charge < -0.3 is 0 Å². The SMILES string of the molecule is CC(C)(C)Cc1cc(CC(C)(C)C)cc(-c2nccc3c2ccc2ccccc23)c1. The van der Waals surface area contributed by atoms with Gasteiger partial charge in [0.15, 0.2) is 0 Å². The van der Waals surface area contributed by atoms with E-state index in [1.807, 2.05) is 6.20 Å². The fraction of sp³-hybridized carbons (Fsp3) is 0.345. The van der Waals surface area contributed by atoms with E-state index in [0.717, 1.165) is 18.5 Å². The summed E-state index contributed by atoms with van der Waals surface area (Å²) < 4.78 is 0. The average molecular weight is 396 g/mol. The summed E-state index contributed by atoms with van der Waals surface area (Å²) in [5.74, 6) is 0. The third kappa shape index (κ3) is 4.56. The molecule has 0 amide bonds. The van der Waals surface area contributed by atoms with Gasteiger partial charge in [0, 0.05) is 17.1 Å². The van der Waals surface area contributed by atoms with Crippen molar-refractivity contribution in [1.82, 2.24) is 4.98 Å². The fourth-order valence-corrected chi connectivity index (χ4v) is 4.50. The van der Waals surface area contributed by atoms with Crippen LogP contribution in [0.25, 0.3) is 32.8 Å². The van der Waals surface area contributed by atoms with Crippen LogP contribution in [0, 0.1) is 10.8 Å². The number of pyridine rings is 1. The molecule has 0 saturated heterocycles. The summed E-state index contributed by atoms with van der Waals surface area (Å²) in [5.41, 5.74) is 5.62. The molecule has 0 aliphatic rings. The van der Waals surface area contributed by atoms with E-state index in [4.69, 9.17) is 4.98 Å². The van der Waals surface area contributed by atoms with Crippen LogP contribution in [0.5, 0.6) is 0 Å². The van der Waals surface area contributed by atoms with Crippen LogP contribution >= 0.6 is 0 Å². The van der Waals surface area contributed by atoms with Crippen LogP contribution in [0.3, 0.4) is 0 Å². The first-order valence-corrected chi connectivity index (χ1v) is 11.0. The van der Waals surface area contributed by atoms with E-state index < -0.39 is 0 Å². The minimum Gasteiger partial charge on any atom is -0.256 e. The first-order chi connectivity index (χ1) is 14.1. The summed E-state index contributed by atoms with van der Waals surface area (Å²) >= 11 is 0. The Labute approximate surface area is 181 Å². The molecule has 1 nitrogen and oxygen atoms in total. The molecule has 1 heteroatoms. The van der Waals surface area contributed by atoms with Gasteiger partial charge in [-0.25, -0.2) is 0 Å². The highest BCUT2D eigenvalue weighted by Gasteiger charge is 2.17. The number of fused-ring (bicyclic) bond motifs is 3. The molecule has 1 heterocycles. The Bertz CT molecular complexity index is 1170. The fourth-order valence-electron chi connectivity index (χ4n) is 4.50. The monoisotopic (exact) mass is 395 g/mol. The van der Waals surface area contributed by atoms with Crippen LogP contribution in [-0.4, -0.2) is 4.98 Å². The Kier molecular flexibility index (Phi) is 5.18. The summed E-state index contributed by atoms with van der Waals surface area (Å²) in [6.45, 7) is 13.9. The van der Waals surface area contributed by atoms with Crippen molar-refractivity contribution in [1.29, 1.82) is 0 Å². The number of benzene rings is 3. The van der Waals surface area contributed by atoms with Gasteiger partial charge in [-0.1, -0.05) is 84.0 Å². The molecule has 4 aromatic rings. The van der Waals surface area contributed by atoms with Crippen molar-refractivity contribution in [2.75, 3.05) is 0 Å². The zero-order chi connectivity index (χ0) is 21.5. The van der Waals surface area contributed by atoms with E-state index in [1.165, 1.54) is 38.2 Å². The van der Waals surface area contributed by atoms with Crippen molar-refractivity contribution >= 4 is 21.5 Å². The molecule has 0 bridgehead atoms. The van der Waals surface area contributed by atoms with Gasteiger partial charge in [-0.15, -0.1) is 0 Å². The lowest BCUT2D eigenvalue weighted by molar-refractivity contribution is 0.406. The molecule has 0 atom stereocenters. The summed E-state index contributed by atoms with van der Waals surface area (Å²) in [6, 6.07) is 22.3. The standard InChI is InChI=1S/C29H33N/c1-28(2,3)18-20-15-21(19-29(4,5)6)17-23(16-20)27-26-12-11-22-9-7-8-10-24(22)25(26)13-14-30-27/h7-17H,18-19H2,1-6H3. The largest absolute Gasteiger partial charge is 0.256 e. The summed E-state index contributed by atoms with van der Waals surface area (Å²) in [5, 5.41) is 5.07. The van der Waals surface area contributed by atoms with Crippen molar-refractivity contribution in [3.8, 4) is 11.3 Å². The van der Waals surface area contributed by atoms with E-state index in [1.54, 1.807) is 0 Å². The predicted octanol–water partition coefficient (Wildman–Crippen LogP) is 8.23.